The lowest BCUT2D eigenvalue weighted by atomic mass is 10.2. The van der Waals surface area contributed by atoms with Gasteiger partial charge in [-0.2, -0.15) is 5.26 Å². The third-order valence-electron chi connectivity index (χ3n) is 2.72. The smallest absolute Gasteiger partial charge is 0.338 e. The molecule has 0 bridgehead atoms. The number of nitrogens with zero attached hydrogens (tertiary/aromatic N) is 2. The highest BCUT2D eigenvalue weighted by Crippen LogP contribution is 2.25. The average Bonchev–Trinajstić information content (AvgIpc) is 2.81. The molecule has 1 aromatic carbocycles. The Labute approximate surface area is 121 Å². The number of hydrogen-bond donors (Lipinski definition) is 1. The van der Waals surface area contributed by atoms with Gasteiger partial charge in [-0.15, -0.1) is 0 Å². The molecule has 1 aliphatic rings. The third-order valence-corrected chi connectivity index (χ3v) is 2.72. The molecule has 2 rings (SSSR count). The number of anilines is 1. The number of likely N-dealkylation sites (N-methyl/N-ethyl adjacent to an activating group) is 1. The summed E-state index contributed by atoms with van der Waals surface area (Å²) in [5, 5.41) is 12.1. The molecule has 0 spiro atoms. The number of ether oxygens (including phenoxy) is 1. The molecule has 6 heteroatoms. The number of nitriles is 1. The van der Waals surface area contributed by atoms with Crippen LogP contribution in [0.4, 0.5) is 5.69 Å². The maximum absolute atomic E-state index is 12.0. The normalized spacial score (nSPS) is 15.7. The van der Waals surface area contributed by atoms with Gasteiger partial charge in [0.05, 0.1) is 11.8 Å². The largest absolute Gasteiger partial charge is 0.419 e. The van der Waals surface area contributed by atoms with Crippen molar-refractivity contribution < 1.29 is 14.3 Å². The first-order valence-corrected chi connectivity index (χ1v) is 6.15. The predicted octanol–water partition coefficient (Wildman–Crippen LogP) is 1.41. The molecule has 106 valence electrons. The van der Waals surface area contributed by atoms with E-state index in [2.05, 4.69) is 5.32 Å². The molecule has 1 amide bonds. The van der Waals surface area contributed by atoms with Gasteiger partial charge in [-0.05, 0) is 12.1 Å². The van der Waals surface area contributed by atoms with E-state index in [1.165, 1.54) is 25.1 Å². The first-order chi connectivity index (χ1) is 10.0. The predicted molar refractivity (Wildman–Crippen MR) is 75.6 cm³/mol. The van der Waals surface area contributed by atoms with Gasteiger partial charge in [-0.25, -0.2) is 4.79 Å². The minimum Gasteiger partial charge on any atom is -0.419 e. The Morgan fingerprint density at radius 2 is 1.95 bits per heavy atom. The van der Waals surface area contributed by atoms with E-state index in [1.54, 1.807) is 18.2 Å². The Balaban J connectivity index is 2.39. The number of rotatable bonds is 3. The van der Waals surface area contributed by atoms with Crippen LogP contribution < -0.4 is 5.32 Å². The van der Waals surface area contributed by atoms with Crippen LogP contribution in [-0.2, 0) is 14.3 Å². The summed E-state index contributed by atoms with van der Waals surface area (Å²) in [6, 6.07) is 10.9. The molecule has 0 aromatic heterocycles. The average molecular weight is 283 g/mol. The van der Waals surface area contributed by atoms with E-state index >= 15 is 0 Å². The standard InChI is InChI=1S/C15H13N3O3/c1-18(2)15(20)11(9-16)14-12(8-13(19)21-14)17-10-6-4-3-5-7-10/h3-8,17H,1-2H3/b14-11+. The zero-order chi connectivity index (χ0) is 15.4. The van der Waals surface area contributed by atoms with Crippen LogP contribution in [0.1, 0.15) is 0 Å². The van der Waals surface area contributed by atoms with Gasteiger partial charge in [0.15, 0.2) is 11.3 Å². The van der Waals surface area contributed by atoms with Crippen LogP contribution in [0.25, 0.3) is 0 Å². The summed E-state index contributed by atoms with van der Waals surface area (Å²) in [6.45, 7) is 0. The first-order valence-electron chi connectivity index (χ1n) is 6.15. The van der Waals surface area contributed by atoms with Crippen molar-refractivity contribution in [2.75, 3.05) is 19.4 Å². The number of amides is 1. The maximum atomic E-state index is 12.0. The van der Waals surface area contributed by atoms with Crippen LogP contribution in [0.5, 0.6) is 0 Å². The molecule has 0 aliphatic carbocycles. The highest BCUT2D eigenvalue weighted by atomic mass is 16.5. The minimum atomic E-state index is -0.622. The molecule has 0 saturated heterocycles. The lowest BCUT2D eigenvalue weighted by Crippen LogP contribution is -2.24. The van der Waals surface area contributed by atoms with E-state index < -0.39 is 11.9 Å². The zero-order valence-corrected chi connectivity index (χ0v) is 11.6. The summed E-state index contributed by atoms with van der Waals surface area (Å²) >= 11 is 0. The number of benzene rings is 1. The van der Waals surface area contributed by atoms with E-state index in [9.17, 15) is 14.9 Å². The van der Waals surface area contributed by atoms with Crippen molar-refractivity contribution in [2.24, 2.45) is 0 Å². The fraction of sp³-hybridized carbons (Fsp3) is 0.133. The molecule has 1 heterocycles. The number of carbonyl (C=O) groups is 2. The molecule has 1 aromatic rings. The second kappa shape index (κ2) is 5.92. The van der Waals surface area contributed by atoms with E-state index in [4.69, 9.17) is 4.74 Å². The fourth-order valence-electron chi connectivity index (χ4n) is 1.74. The summed E-state index contributed by atoms with van der Waals surface area (Å²) in [4.78, 5) is 24.7. The fourth-order valence-corrected chi connectivity index (χ4v) is 1.74. The Morgan fingerprint density at radius 1 is 1.29 bits per heavy atom. The van der Waals surface area contributed by atoms with E-state index in [-0.39, 0.29) is 17.0 Å². The molecule has 0 unspecified atom stereocenters. The molecule has 0 radical (unpaired) electrons. The Kier molecular flexibility index (Phi) is 4.05. The lowest BCUT2D eigenvalue weighted by Gasteiger charge is -2.13. The zero-order valence-electron chi connectivity index (χ0n) is 11.6. The first kappa shape index (κ1) is 14.3. The molecule has 1 N–H and O–H groups in total. The van der Waals surface area contributed by atoms with Crippen molar-refractivity contribution in [1.29, 1.82) is 5.26 Å². The topological polar surface area (TPSA) is 82.4 Å². The van der Waals surface area contributed by atoms with Crippen molar-refractivity contribution in [3.63, 3.8) is 0 Å². The Hall–Kier alpha value is -3.07. The van der Waals surface area contributed by atoms with Gasteiger partial charge in [0.2, 0.25) is 0 Å². The van der Waals surface area contributed by atoms with Crippen molar-refractivity contribution in [3.8, 4) is 6.07 Å². The van der Waals surface area contributed by atoms with Crippen LogP contribution in [0.3, 0.4) is 0 Å². The maximum Gasteiger partial charge on any atom is 0.338 e. The molecule has 6 nitrogen and oxygen atoms in total. The van der Waals surface area contributed by atoms with E-state index in [0.717, 1.165) is 0 Å². The summed E-state index contributed by atoms with van der Waals surface area (Å²) < 4.78 is 4.99. The van der Waals surface area contributed by atoms with Gasteiger partial charge in [0, 0.05) is 19.8 Å². The number of nitrogens with one attached hydrogen (secondary N) is 1. The van der Waals surface area contributed by atoms with Crippen LogP contribution in [0, 0.1) is 11.3 Å². The summed E-state index contributed by atoms with van der Waals surface area (Å²) in [6.07, 6.45) is 1.21. The second-order valence-corrected chi connectivity index (χ2v) is 4.49. The van der Waals surface area contributed by atoms with Crippen LogP contribution >= 0.6 is 0 Å². The third kappa shape index (κ3) is 3.09. The summed E-state index contributed by atoms with van der Waals surface area (Å²) in [7, 11) is 3.04. The van der Waals surface area contributed by atoms with Gasteiger partial charge in [-0.3, -0.25) is 4.79 Å². The van der Waals surface area contributed by atoms with E-state index in [0.29, 0.717) is 5.69 Å². The molecule has 1 aliphatic heterocycles. The van der Waals surface area contributed by atoms with Crippen molar-refractivity contribution in [2.45, 2.75) is 0 Å². The molecule has 21 heavy (non-hydrogen) atoms. The number of cyclic esters (lactones) is 1. The molecule has 0 saturated carbocycles. The summed E-state index contributed by atoms with van der Waals surface area (Å²) in [5.74, 6) is -1.20. The molecule has 0 atom stereocenters. The van der Waals surface area contributed by atoms with E-state index in [1.807, 2.05) is 18.2 Å². The SMILES string of the molecule is CN(C)C(=O)/C(C#N)=C1/OC(=O)C=C1Nc1ccccc1. The van der Waals surface area contributed by atoms with Crippen molar-refractivity contribution >= 4 is 17.6 Å². The number of esters is 1. The molecular weight excluding hydrogens is 270 g/mol. The Morgan fingerprint density at radius 3 is 2.52 bits per heavy atom. The van der Waals surface area contributed by atoms with Gasteiger partial charge in [0.25, 0.3) is 5.91 Å². The van der Waals surface area contributed by atoms with Crippen molar-refractivity contribution in [3.05, 3.63) is 53.4 Å². The van der Waals surface area contributed by atoms with Gasteiger partial charge >= 0.3 is 5.97 Å². The number of carbonyl (C=O) groups excluding carboxylic acids is 2. The van der Waals surface area contributed by atoms with Gasteiger partial charge < -0.3 is 15.0 Å². The molecular formula is C15H13N3O3. The lowest BCUT2D eigenvalue weighted by molar-refractivity contribution is -0.132. The highest BCUT2D eigenvalue weighted by molar-refractivity contribution is 6.01. The van der Waals surface area contributed by atoms with Gasteiger partial charge in [0.1, 0.15) is 6.07 Å². The number of para-hydroxylation sites is 1. The summed E-state index contributed by atoms with van der Waals surface area (Å²) in [5.41, 5.74) is 0.785. The van der Waals surface area contributed by atoms with Gasteiger partial charge in [-0.1, -0.05) is 18.2 Å². The monoisotopic (exact) mass is 283 g/mol. The quantitative estimate of drug-likeness (QED) is 0.515. The van der Waals surface area contributed by atoms with Crippen LogP contribution in [0.15, 0.2) is 53.4 Å². The Bertz CT molecular complexity index is 682. The second-order valence-electron chi connectivity index (χ2n) is 4.49. The van der Waals surface area contributed by atoms with Crippen LogP contribution in [0.2, 0.25) is 0 Å². The minimum absolute atomic E-state index is 0.0509. The number of hydrogen-bond acceptors (Lipinski definition) is 5. The van der Waals surface area contributed by atoms with Crippen LogP contribution in [-0.4, -0.2) is 30.9 Å². The highest BCUT2D eigenvalue weighted by Gasteiger charge is 2.28. The molecule has 0 fully saturated rings. The van der Waals surface area contributed by atoms with Crippen molar-refractivity contribution in [1.82, 2.24) is 4.90 Å².